The monoisotopic (exact) mass is 443 g/mol. The number of ether oxygens (including phenoxy) is 2. The first-order valence-corrected chi connectivity index (χ1v) is 10.7. The van der Waals surface area contributed by atoms with Crippen molar-refractivity contribution >= 4 is 46.4 Å². The molecule has 4 nitrogen and oxygen atoms in total. The molecule has 1 aromatic heterocycles. The number of ketones is 1. The molecule has 2 aliphatic rings. The van der Waals surface area contributed by atoms with Gasteiger partial charge in [0.15, 0.2) is 5.76 Å². The van der Waals surface area contributed by atoms with Gasteiger partial charge in [0.25, 0.3) is 0 Å². The maximum Gasteiger partial charge on any atom is 0.231 e. The number of carbonyl (C=O) groups excluding carboxylic acids is 1. The summed E-state index contributed by atoms with van der Waals surface area (Å²) < 4.78 is 11.9. The number of nitrogens with zero attached hydrogens (tertiary/aromatic N) is 1. The number of hydrogen-bond donors (Lipinski definition) is 0. The highest BCUT2D eigenvalue weighted by Crippen LogP contribution is 2.42. The first kappa shape index (κ1) is 18.7. The van der Waals surface area contributed by atoms with E-state index in [1.54, 1.807) is 41.7 Å². The molecule has 0 saturated carbocycles. The molecule has 0 radical (unpaired) electrons. The second-order valence-electron chi connectivity index (χ2n) is 6.83. The van der Waals surface area contributed by atoms with Gasteiger partial charge >= 0.3 is 0 Å². The third kappa shape index (κ3) is 3.45. The van der Waals surface area contributed by atoms with Gasteiger partial charge < -0.3 is 9.47 Å². The quantitative estimate of drug-likeness (QED) is 0.463. The van der Waals surface area contributed by atoms with Crippen LogP contribution in [0.5, 0.6) is 11.5 Å². The highest BCUT2D eigenvalue weighted by atomic mass is 35.5. The van der Waals surface area contributed by atoms with Gasteiger partial charge in [-0.15, -0.1) is 11.3 Å². The van der Waals surface area contributed by atoms with Gasteiger partial charge in [0, 0.05) is 33.6 Å². The molecule has 0 amide bonds. The topological polar surface area (TPSA) is 38.8 Å². The number of hydrogen-bond acceptors (Lipinski definition) is 5. The molecule has 0 atom stereocenters. The zero-order valence-corrected chi connectivity index (χ0v) is 17.5. The van der Waals surface area contributed by atoms with E-state index < -0.39 is 0 Å². The second kappa shape index (κ2) is 7.50. The molecule has 0 unspecified atom stereocenters. The molecule has 146 valence electrons. The first-order chi connectivity index (χ1) is 14.1. The molecule has 0 spiro atoms. The third-order valence-electron chi connectivity index (χ3n) is 4.92. The molecule has 29 heavy (non-hydrogen) atoms. The zero-order chi connectivity index (χ0) is 20.0. The molecule has 3 heterocycles. The Kier molecular flexibility index (Phi) is 4.84. The van der Waals surface area contributed by atoms with E-state index >= 15 is 0 Å². The van der Waals surface area contributed by atoms with Crippen LogP contribution in [0.1, 0.15) is 26.4 Å². The SMILES string of the molecule is O=C1/C(=C/c2c(Cl)cccc2Cl)Oc2c1ccc1c2CN(Cc2cccs2)CO1. The molecule has 0 fully saturated rings. The van der Waals surface area contributed by atoms with Crippen LogP contribution in [0.2, 0.25) is 10.0 Å². The van der Waals surface area contributed by atoms with Crippen molar-refractivity contribution < 1.29 is 14.3 Å². The summed E-state index contributed by atoms with van der Waals surface area (Å²) in [6.07, 6.45) is 1.60. The van der Waals surface area contributed by atoms with Crippen LogP contribution in [-0.4, -0.2) is 17.4 Å². The predicted molar refractivity (Wildman–Crippen MR) is 115 cm³/mol. The van der Waals surface area contributed by atoms with Gasteiger partial charge in [-0.3, -0.25) is 9.69 Å². The average molecular weight is 444 g/mol. The molecular weight excluding hydrogens is 429 g/mol. The van der Waals surface area contributed by atoms with Crippen LogP contribution >= 0.6 is 34.5 Å². The lowest BCUT2D eigenvalue weighted by atomic mass is 10.0. The summed E-state index contributed by atoms with van der Waals surface area (Å²) in [7, 11) is 0. The lowest BCUT2D eigenvalue weighted by molar-refractivity contribution is 0.0882. The second-order valence-corrected chi connectivity index (χ2v) is 8.68. The number of halogens is 2. The Balaban J connectivity index is 1.48. The Bertz CT molecular complexity index is 1120. The van der Waals surface area contributed by atoms with E-state index in [4.69, 9.17) is 32.7 Å². The van der Waals surface area contributed by atoms with Crippen molar-refractivity contribution in [3.8, 4) is 11.5 Å². The number of benzene rings is 2. The minimum atomic E-state index is -0.186. The molecule has 0 N–H and O–H groups in total. The molecule has 5 rings (SSSR count). The van der Waals surface area contributed by atoms with E-state index in [2.05, 4.69) is 16.3 Å². The summed E-state index contributed by atoms with van der Waals surface area (Å²) >= 11 is 14.2. The summed E-state index contributed by atoms with van der Waals surface area (Å²) in [5.41, 5.74) is 1.98. The van der Waals surface area contributed by atoms with E-state index in [0.717, 1.165) is 17.9 Å². The molecule has 0 saturated heterocycles. The van der Waals surface area contributed by atoms with E-state index in [1.807, 2.05) is 12.1 Å². The van der Waals surface area contributed by atoms with Gasteiger partial charge in [-0.05, 0) is 41.8 Å². The molecule has 2 aromatic carbocycles. The van der Waals surface area contributed by atoms with E-state index in [-0.39, 0.29) is 11.5 Å². The van der Waals surface area contributed by atoms with Crippen molar-refractivity contribution in [1.29, 1.82) is 0 Å². The summed E-state index contributed by atoms with van der Waals surface area (Å²) in [4.78, 5) is 16.4. The number of carbonyl (C=O) groups is 1. The minimum Gasteiger partial charge on any atom is -0.478 e. The van der Waals surface area contributed by atoms with Gasteiger partial charge in [-0.2, -0.15) is 0 Å². The Hall–Kier alpha value is -2.31. The number of rotatable bonds is 3. The van der Waals surface area contributed by atoms with Crippen molar-refractivity contribution in [3.63, 3.8) is 0 Å². The molecule has 2 aliphatic heterocycles. The fourth-order valence-corrected chi connectivity index (χ4v) is 4.76. The lowest BCUT2D eigenvalue weighted by Gasteiger charge is -2.29. The normalized spacial score (nSPS) is 17.0. The molecule has 0 aliphatic carbocycles. The number of fused-ring (bicyclic) bond motifs is 3. The van der Waals surface area contributed by atoms with Gasteiger partial charge in [0.1, 0.15) is 18.2 Å². The van der Waals surface area contributed by atoms with E-state index in [1.165, 1.54) is 4.88 Å². The van der Waals surface area contributed by atoms with Gasteiger partial charge in [0.2, 0.25) is 5.78 Å². The molecule has 7 heteroatoms. The van der Waals surface area contributed by atoms with Crippen LogP contribution < -0.4 is 9.47 Å². The average Bonchev–Trinajstić information content (AvgIpc) is 3.33. The Morgan fingerprint density at radius 2 is 1.93 bits per heavy atom. The van der Waals surface area contributed by atoms with Crippen molar-refractivity contribution in [2.45, 2.75) is 13.1 Å². The standard InChI is InChI=1S/C22H15Cl2NO3S/c23-17-4-1-5-18(24)15(17)9-20-21(26)14-6-7-19-16(22(14)28-20)11-25(12-27-19)10-13-3-2-8-29-13/h1-9H,10-12H2/b20-9-. The maximum absolute atomic E-state index is 12.9. The van der Waals surface area contributed by atoms with E-state index in [0.29, 0.717) is 40.2 Å². The molecular formula is C22H15Cl2NO3S. The van der Waals surface area contributed by atoms with Crippen LogP contribution in [-0.2, 0) is 13.1 Å². The Morgan fingerprint density at radius 1 is 1.10 bits per heavy atom. The summed E-state index contributed by atoms with van der Waals surface area (Å²) in [5.74, 6) is 1.32. The maximum atomic E-state index is 12.9. The largest absolute Gasteiger partial charge is 0.478 e. The fraction of sp³-hybridized carbons (Fsp3) is 0.136. The lowest BCUT2D eigenvalue weighted by Crippen LogP contribution is -2.31. The van der Waals surface area contributed by atoms with Crippen LogP contribution in [0.4, 0.5) is 0 Å². The van der Waals surface area contributed by atoms with Gasteiger partial charge in [-0.1, -0.05) is 35.3 Å². The van der Waals surface area contributed by atoms with Crippen LogP contribution in [0.3, 0.4) is 0 Å². The first-order valence-electron chi connectivity index (χ1n) is 9.02. The van der Waals surface area contributed by atoms with E-state index in [9.17, 15) is 4.79 Å². The minimum absolute atomic E-state index is 0.186. The summed E-state index contributed by atoms with van der Waals surface area (Å²) in [6.45, 7) is 1.92. The highest BCUT2D eigenvalue weighted by molar-refractivity contribution is 7.09. The summed E-state index contributed by atoms with van der Waals surface area (Å²) in [6, 6.07) is 12.9. The number of allylic oxidation sites excluding steroid dienone is 1. The highest BCUT2D eigenvalue weighted by Gasteiger charge is 2.34. The predicted octanol–water partition coefficient (Wildman–Crippen LogP) is 6.02. The van der Waals surface area contributed by atoms with Crippen molar-refractivity contribution in [2.75, 3.05) is 6.73 Å². The molecule has 0 bridgehead atoms. The Labute approximate surface area is 181 Å². The Morgan fingerprint density at radius 3 is 2.69 bits per heavy atom. The zero-order valence-electron chi connectivity index (χ0n) is 15.2. The smallest absolute Gasteiger partial charge is 0.231 e. The van der Waals surface area contributed by atoms with Crippen molar-refractivity contribution in [1.82, 2.24) is 4.90 Å². The van der Waals surface area contributed by atoms with Crippen molar-refractivity contribution in [3.05, 3.63) is 85.2 Å². The van der Waals surface area contributed by atoms with Gasteiger partial charge in [-0.25, -0.2) is 0 Å². The fourth-order valence-electron chi connectivity index (χ4n) is 3.51. The van der Waals surface area contributed by atoms with Gasteiger partial charge in [0.05, 0.1) is 11.1 Å². The number of thiophene rings is 1. The van der Waals surface area contributed by atoms with Crippen LogP contribution in [0.25, 0.3) is 6.08 Å². The third-order valence-corrected chi connectivity index (χ3v) is 6.44. The van der Waals surface area contributed by atoms with Crippen molar-refractivity contribution in [2.24, 2.45) is 0 Å². The summed E-state index contributed by atoms with van der Waals surface area (Å²) in [5, 5.41) is 2.99. The van der Waals surface area contributed by atoms with Crippen LogP contribution in [0.15, 0.2) is 53.6 Å². The van der Waals surface area contributed by atoms with Crippen LogP contribution in [0, 0.1) is 0 Å². The molecule has 3 aromatic rings. The number of Topliss-reactive ketones (excluding diaryl/α,β-unsaturated/α-hetero) is 1.